The second-order valence-corrected chi connectivity index (χ2v) is 4.35. The molecule has 0 aliphatic rings. The lowest BCUT2D eigenvalue weighted by Gasteiger charge is -2.28. The Kier molecular flexibility index (Phi) is 5.27. The van der Waals surface area contributed by atoms with Crippen LogP contribution in [-0.2, 0) is 4.74 Å². The van der Waals surface area contributed by atoms with Crippen LogP contribution in [0.15, 0.2) is 18.2 Å². The van der Waals surface area contributed by atoms with Crippen LogP contribution in [0.3, 0.4) is 0 Å². The van der Waals surface area contributed by atoms with E-state index in [0.29, 0.717) is 13.2 Å². The maximum atomic E-state index is 10.8. The summed E-state index contributed by atoms with van der Waals surface area (Å²) < 4.78 is 5.05. The first-order valence-corrected chi connectivity index (χ1v) is 5.95. The molecule has 1 rings (SSSR count). The molecule has 19 heavy (non-hydrogen) atoms. The first-order valence-electron chi connectivity index (χ1n) is 5.95. The molecule has 0 aromatic heterocycles. The quantitative estimate of drug-likeness (QED) is 0.581. The van der Waals surface area contributed by atoms with Crippen molar-refractivity contribution >= 4 is 11.4 Å². The minimum Gasteiger partial charge on any atom is -0.383 e. The fourth-order valence-corrected chi connectivity index (χ4v) is 1.83. The standard InChI is InChI=1S/C13H17N3O3/c1-10(2)15(6-7-19-3)12-4-5-13(16(17)18)11(8-12)9-14/h4-5,8,10H,6-7H2,1-3H3. The Morgan fingerprint density at radius 1 is 1.53 bits per heavy atom. The lowest BCUT2D eigenvalue weighted by atomic mass is 10.1. The van der Waals surface area contributed by atoms with Gasteiger partial charge in [-0.25, -0.2) is 0 Å². The zero-order valence-corrected chi connectivity index (χ0v) is 11.3. The molecule has 0 aliphatic heterocycles. The maximum absolute atomic E-state index is 10.8. The Morgan fingerprint density at radius 2 is 2.21 bits per heavy atom. The number of ether oxygens (including phenoxy) is 1. The van der Waals surface area contributed by atoms with Gasteiger partial charge in [-0.1, -0.05) is 0 Å². The molecule has 1 aromatic carbocycles. The number of benzene rings is 1. The highest BCUT2D eigenvalue weighted by atomic mass is 16.6. The van der Waals surface area contributed by atoms with Gasteiger partial charge in [0.15, 0.2) is 0 Å². The molecule has 6 nitrogen and oxygen atoms in total. The van der Waals surface area contributed by atoms with Crippen LogP contribution >= 0.6 is 0 Å². The van der Waals surface area contributed by atoms with Gasteiger partial charge in [-0.15, -0.1) is 0 Å². The summed E-state index contributed by atoms with van der Waals surface area (Å²) in [7, 11) is 1.62. The van der Waals surface area contributed by atoms with E-state index >= 15 is 0 Å². The topological polar surface area (TPSA) is 79.4 Å². The molecule has 102 valence electrons. The molecule has 6 heteroatoms. The van der Waals surface area contributed by atoms with Crippen LogP contribution < -0.4 is 4.90 Å². The molecule has 0 bridgehead atoms. The highest BCUT2D eigenvalue weighted by Gasteiger charge is 2.17. The molecule has 0 radical (unpaired) electrons. The predicted molar refractivity (Wildman–Crippen MR) is 72.2 cm³/mol. The number of nitrogens with zero attached hydrogens (tertiary/aromatic N) is 3. The maximum Gasteiger partial charge on any atom is 0.287 e. The molecule has 0 saturated heterocycles. The molecule has 1 aromatic rings. The van der Waals surface area contributed by atoms with Gasteiger partial charge >= 0.3 is 0 Å². The minimum absolute atomic E-state index is 0.0746. The van der Waals surface area contributed by atoms with Gasteiger partial charge in [-0.05, 0) is 26.0 Å². The smallest absolute Gasteiger partial charge is 0.287 e. The fourth-order valence-electron chi connectivity index (χ4n) is 1.83. The summed E-state index contributed by atoms with van der Waals surface area (Å²) in [5, 5.41) is 19.8. The van der Waals surface area contributed by atoms with Crippen molar-refractivity contribution in [1.29, 1.82) is 5.26 Å². The second-order valence-electron chi connectivity index (χ2n) is 4.35. The number of rotatable bonds is 6. The first kappa shape index (κ1) is 14.9. The van der Waals surface area contributed by atoms with Crippen LogP contribution in [0.1, 0.15) is 19.4 Å². The highest BCUT2D eigenvalue weighted by Crippen LogP contribution is 2.25. The molecule has 0 unspecified atom stereocenters. The third-order valence-electron chi connectivity index (χ3n) is 2.79. The Bertz CT molecular complexity index is 494. The van der Waals surface area contributed by atoms with Crippen molar-refractivity contribution in [3.05, 3.63) is 33.9 Å². The fraction of sp³-hybridized carbons (Fsp3) is 0.462. The molecule has 0 atom stereocenters. The SMILES string of the molecule is COCCN(c1ccc([N+](=O)[O-])c(C#N)c1)C(C)C. The zero-order valence-electron chi connectivity index (χ0n) is 11.3. The van der Waals surface area contributed by atoms with Crippen molar-refractivity contribution < 1.29 is 9.66 Å². The van der Waals surface area contributed by atoms with Crippen LogP contribution in [0.25, 0.3) is 0 Å². The normalized spacial score (nSPS) is 10.3. The summed E-state index contributed by atoms with van der Waals surface area (Å²) in [4.78, 5) is 12.3. The van der Waals surface area contributed by atoms with Crippen LogP contribution in [0.5, 0.6) is 0 Å². The van der Waals surface area contributed by atoms with E-state index in [-0.39, 0.29) is 17.3 Å². The van der Waals surface area contributed by atoms with Gasteiger partial charge in [0.2, 0.25) is 0 Å². The number of anilines is 1. The molecule has 0 amide bonds. The predicted octanol–water partition coefficient (Wildman–Crippen LogP) is 2.33. The van der Waals surface area contributed by atoms with E-state index < -0.39 is 4.92 Å². The van der Waals surface area contributed by atoms with Gasteiger partial charge in [0.05, 0.1) is 11.5 Å². The van der Waals surface area contributed by atoms with Crippen molar-refractivity contribution in [3.8, 4) is 6.07 Å². The molecular formula is C13H17N3O3. The van der Waals surface area contributed by atoms with Crippen molar-refractivity contribution in [2.75, 3.05) is 25.2 Å². The molecule has 0 spiro atoms. The Labute approximate surface area is 112 Å². The van der Waals surface area contributed by atoms with E-state index in [1.165, 1.54) is 6.07 Å². The summed E-state index contributed by atoms with van der Waals surface area (Å²) in [6.45, 7) is 5.25. The summed E-state index contributed by atoms with van der Waals surface area (Å²) >= 11 is 0. The van der Waals surface area contributed by atoms with Gasteiger partial charge in [0, 0.05) is 31.5 Å². The number of hydrogen-bond acceptors (Lipinski definition) is 5. The lowest BCUT2D eigenvalue weighted by molar-refractivity contribution is -0.385. The van der Waals surface area contributed by atoms with E-state index in [4.69, 9.17) is 10.00 Å². The van der Waals surface area contributed by atoms with Crippen LogP contribution in [0, 0.1) is 21.4 Å². The van der Waals surface area contributed by atoms with Gasteiger partial charge < -0.3 is 9.64 Å². The van der Waals surface area contributed by atoms with Crippen molar-refractivity contribution in [2.24, 2.45) is 0 Å². The minimum atomic E-state index is -0.544. The van der Waals surface area contributed by atoms with Crippen LogP contribution in [0.2, 0.25) is 0 Å². The molecular weight excluding hydrogens is 246 g/mol. The van der Waals surface area contributed by atoms with Crippen molar-refractivity contribution in [3.63, 3.8) is 0 Å². The first-order chi connectivity index (χ1) is 9.01. The number of methoxy groups -OCH3 is 1. The number of nitro groups is 1. The third kappa shape index (κ3) is 3.66. The van der Waals surface area contributed by atoms with Gasteiger partial charge in [0.25, 0.3) is 5.69 Å². The highest BCUT2D eigenvalue weighted by molar-refractivity contribution is 5.60. The summed E-state index contributed by atoms with van der Waals surface area (Å²) in [6.07, 6.45) is 0. The average molecular weight is 263 g/mol. The number of nitriles is 1. The van der Waals surface area contributed by atoms with Crippen molar-refractivity contribution in [1.82, 2.24) is 0 Å². The number of nitro benzene ring substituents is 1. The van der Waals surface area contributed by atoms with E-state index in [0.717, 1.165) is 5.69 Å². The Balaban J connectivity index is 3.12. The lowest BCUT2D eigenvalue weighted by Crippen LogP contribution is -2.33. The molecule has 0 aliphatic carbocycles. The van der Waals surface area contributed by atoms with Gasteiger partial charge in [-0.3, -0.25) is 10.1 Å². The van der Waals surface area contributed by atoms with E-state index in [9.17, 15) is 10.1 Å². The number of hydrogen-bond donors (Lipinski definition) is 0. The largest absolute Gasteiger partial charge is 0.383 e. The Morgan fingerprint density at radius 3 is 2.68 bits per heavy atom. The summed E-state index contributed by atoms with van der Waals surface area (Å²) in [5.41, 5.74) is 0.696. The van der Waals surface area contributed by atoms with Crippen molar-refractivity contribution in [2.45, 2.75) is 19.9 Å². The van der Waals surface area contributed by atoms with Crippen LogP contribution in [-0.4, -0.2) is 31.2 Å². The monoisotopic (exact) mass is 263 g/mol. The summed E-state index contributed by atoms with van der Waals surface area (Å²) in [6, 6.07) is 6.66. The third-order valence-corrected chi connectivity index (χ3v) is 2.79. The molecule has 0 saturated carbocycles. The van der Waals surface area contributed by atoms with Gasteiger partial charge in [-0.2, -0.15) is 5.26 Å². The van der Waals surface area contributed by atoms with E-state index in [1.807, 2.05) is 24.8 Å². The average Bonchev–Trinajstić information content (AvgIpc) is 2.38. The second kappa shape index (κ2) is 6.71. The molecule has 0 fully saturated rings. The van der Waals surface area contributed by atoms with E-state index in [1.54, 1.807) is 19.2 Å². The van der Waals surface area contributed by atoms with E-state index in [2.05, 4.69) is 0 Å². The Hall–Kier alpha value is -2.13. The molecule has 0 heterocycles. The summed E-state index contributed by atoms with van der Waals surface area (Å²) in [5.74, 6) is 0. The van der Waals surface area contributed by atoms with Crippen LogP contribution in [0.4, 0.5) is 11.4 Å². The zero-order chi connectivity index (χ0) is 14.4. The molecule has 0 N–H and O–H groups in total. The van der Waals surface area contributed by atoms with Gasteiger partial charge in [0.1, 0.15) is 11.6 Å².